The van der Waals surface area contributed by atoms with Crippen molar-refractivity contribution in [3.63, 3.8) is 0 Å². The second-order valence-electron chi connectivity index (χ2n) is 4.38. The molecule has 1 amide bonds. The molecular formula is C13H20N2O3. The first-order valence-electron chi connectivity index (χ1n) is 5.78. The third-order valence-electron chi connectivity index (χ3n) is 2.70. The molecule has 100 valence electrons. The number of rotatable bonds is 5. The second kappa shape index (κ2) is 6.37. The quantitative estimate of drug-likeness (QED) is 0.362. The zero-order chi connectivity index (χ0) is 13.7. The Labute approximate surface area is 107 Å². The van der Waals surface area contributed by atoms with Crippen LogP contribution in [0.4, 0.5) is 0 Å². The molecule has 0 saturated heterocycles. The van der Waals surface area contributed by atoms with Crippen molar-refractivity contribution in [2.24, 2.45) is 5.84 Å². The molecule has 0 unspecified atom stereocenters. The third-order valence-corrected chi connectivity index (χ3v) is 2.70. The van der Waals surface area contributed by atoms with Crippen molar-refractivity contribution in [2.75, 3.05) is 13.9 Å². The van der Waals surface area contributed by atoms with E-state index >= 15 is 0 Å². The molecule has 0 fully saturated rings. The number of nitrogen functional groups attached to an aromatic ring is 1. The second-order valence-corrected chi connectivity index (χ2v) is 4.38. The van der Waals surface area contributed by atoms with Gasteiger partial charge in [-0.1, -0.05) is 13.8 Å². The van der Waals surface area contributed by atoms with Gasteiger partial charge in [-0.05, 0) is 36.1 Å². The summed E-state index contributed by atoms with van der Waals surface area (Å²) in [6.07, 6.45) is 0. The summed E-state index contributed by atoms with van der Waals surface area (Å²) in [4.78, 5) is 11.7. The van der Waals surface area contributed by atoms with Crippen molar-refractivity contribution < 1.29 is 14.3 Å². The maximum Gasteiger partial charge on any atom is 0.268 e. The standard InChI is InChI=1S/C13H20N2O3/c1-8(2)10-6-11(13(16)15-14)12(5-9(10)3)18-7-17-4/h5-6,8H,7,14H2,1-4H3,(H,15,16). The van der Waals surface area contributed by atoms with Gasteiger partial charge in [-0.3, -0.25) is 10.2 Å². The van der Waals surface area contributed by atoms with Crippen molar-refractivity contribution >= 4 is 5.91 Å². The number of nitrogens with two attached hydrogens (primary N) is 1. The van der Waals surface area contributed by atoms with Crippen LogP contribution in [-0.2, 0) is 4.74 Å². The van der Waals surface area contributed by atoms with Gasteiger partial charge in [0.05, 0.1) is 5.56 Å². The molecule has 0 aliphatic heterocycles. The van der Waals surface area contributed by atoms with Crippen molar-refractivity contribution in [3.05, 3.63) is 28.8 Å². The molecule has 0 aliphatic carbocycles. The summed E-state index contributed by atoms with van der Waals surface area (Å²) in [6, 6.07) is 3.64. The normalized spacial score (nSPS) is 10.6. The van der Waals surface area contributed by atoms with Gasteiger partial charge in [0, 0.05) is 7.11 Å². The lowest BCUT2D eigenvalue weighted by molar-refractivity contribution is 0.0500. The highest BCUT2D eigenvalue weighted by Crippen LogP contribution is 2.28. The van der Waals surface area contributed by atoms with Crippen molar-refractivity contribution in [2.45, 2.75) is 26.7 Å². The van der Waals surface area contributed by atoms with E-state index in [0.29, 0.717) is 17.2 Å². The Morgan fingerprint density at radius 1 is 1.44 bits per heavy atom. The Morgan fingerprint density at radius 2 is 2.11 bits per heavy atom. The third kappa shape index (κ3) is 3.21. The van der Waals surface area contributed by atoms with E-state index in [4.69, 9.17) is 15.3 Å². The van der Waals surface area contributed by atoms with Crippen LogP contribution in [0.1, 0.15) is 41.3 Å². The summed E-state index contributed by atoms with van der Waals surface area (Å²) in [6.45, 7) is 6.22. The number of nitrogens with one attached hydrogen (secondary N) is 1. The van der Waals surface area contributed by atoms with Crippen molar-refractivity contribution in [1.29, 1.82) is 0 Å². The minimum Gasteiger partial charge on any atom is -0.467 e. The first-order chi connectivity index (χ1) is 8.51. The van der Waals surface area contributed by atoms with Crippen LogP contribution in [-0.4, -0.2) is 19.8 Å². The Balaban J connectivity index is 3.23. The number of benzene rings is 1. The van der Waals surface area contributed by atoms with E-state index in [-0.39, 0.29) is 12.7 Å². The highest BCUT2D eigenvalue weighted by molar-refractivity contribution is 5.96. The number of aryl methyl sites for hydroxylation is 1. The maximum atomic E-state index is 11.7. The van der Waals surface area contributed by atoms with Crippen LogP contribution in [0.15, 0.2) is 12.1 Å². The molecule has 18 heavy (non-hydrogen) atoms. The molecular weight excluding hydrogens is 232 g/mol. The molecule has 1 aromatic rings. The average molecular weight is 252 g/mol. The van der Waals surface area contributed by atoms with E-state index in [2.05, 4.69) is 19.3 Å². The van der Waals surface area contributed by atoms with E-state index in [0.717, 1.165) is 11.1 Å². The monoisotopic (exact) mass is 252 g/mol. The molecule has 0 bridgehead atoms. The number of methoxy groups -OCH3 is 1. The van der Waals surface area contributed by atoms with Crippen molar-refractivity contribution in [3.8, 4) is 5.75 Å². The van der Waals surface area contributed by atoms with Crippen LogP contribution in [0.2, 0.25) is 0 Å². The van der Waals surface area contributed by atoms with Crippen LogP contribution >= 0.6 is 0 Å². The van der Waals surface area contributed by atoms with E-state index in [1.165, 1.54) is 7.11 Å². The molecule has 0 radical (unpaired) electrons. The number of hydrogen-bond acceptors (Lipinski definition) is 4. The predicted octanol–water partition coefficient (Wildman–Crippen LogP) is 1.70. The minimum absolute atomic E-state index is 0.0886. The van der Waals surface area contributed by atoms with Crippen LogP contribution in [0, 0.1) is 6.92 Å². The molecule has 0 spiro atoms. The highest BCUT2D eigenvalue weighted by atomic mass is 16.7. The first-order valence-corrected chi connectivity index (χ1v) is 5.78. The number of carbonyl (C=O) groups excluding carboxylic acids is 1. The van der Waals surface area contributed by atoms with Gasteiger partial charge in [0.1, 0.15) is 5.75 Å². The van der Waals surface area contributed by atoms with E-state index in [9.17, 15) is 4.79 Å². The average Bonchev–Trinajstić information content (AvgIpc) is 2.34. The molecule has 0 heterocycles. The summed E-state index contributed by atoms with van der Waals surface area (Å²) >= 11 is 0. The van der Waals surface area contributed by atoms with Crippen molar-refractivity contribution in [1.82, 2.24) is 5.43 Å². The fourth-order valence-corrected chi connectivity index (χ4v) is 1.82. The summed E-state index contributed by atoms with van der Waals surface area (Å²) in [7, 11) is 1.53. The van der Waals surface area contributed by atoms with Gasteiger partial charge in [-0.25, -0.2) is 5.84 Å². The Bertz CT molecular complexity index is 430. The van der Waals surface area contributed by atoms with Gasteiger partial charge >= 0.3 is 0 Å². The summed E-state index contributed by atoms with van der Waals surface area (Å²) < 4.78 is 10.2. The summed E-state index contributed by atoms with van der Waals surface area (Å²) in [5, 5.41) is 0. The van der Waals surface area contributed by atoms with Crippen LogP contribution in [0.3, 0.4) is 0 Å². The number of hydrogen-bond donors (Lipinski definition) is 2. The molecule has 1 rings (SSSR count). The van der Waals surface area contributed by atoms with E-state index in [1.807, 2.05) is 19.1 Å². The Kier molecular flexibility index (Phi) is 5.12. The molecule has 5 nitrogen and oxygen atoms in total. The lowest BCUT2D eigenvalue weighted by Crippen LogP contribution is -2.30. The molecule has 0 saturated carbocycles. The van der Waals surface area contributed by atoms with Gasteiger partial charge in [0.15, 0.2) is 6.79 Å². The van der Waals surface area contributed by atoms with Crippen LogP contribution < -0.4 is 16.0 Å². The van der Waals surface area contributed by atoms with Crippen LogP contribution in [0.25, 0.3) is 0 Å². The number of amides is 1. The van der Waals surface area contributed by atoms with E-state index in [1.54, 1.807) is 0 Å². The maximum absolute atomic E-state index is 11.7. The van der Waals surface area contributed by atoms with Gasteiger partial charge in [-0.15, -0.1) is 0 Å². The lowest BCUT2D eigenvalue weighted by Gasteiger charge is -2.16. The number of carbonyl (C=O) groups is 1. The SMILES string of the molecule is COCOc1cc(C)c(C(C)C)cc1C(=O)NN. The topological polar surface area (TPSA) is 73.6 Å². The van der Waals surface area contributed by atoms with Gasteiger partial charge < -0.3 is 9.47 Å². The number of ether oxygens (including phenoxy) is 2. The van der Waals surface area contributed by atoms with Crippen LogP contribution in [0.5, 0.6) is 5.75 Å². The lowest BCUT2D eigenvalue weighted by atomic mass is 9.95. The molecule has 1 aromatic carbocycles. The van der Waals surface area contributed by atoms with E-state index < -0.39 is 0 Å². The Hall–Kier alpha value is -1.59. The van der Waals surface area contributed by atoms with Gasteiger partial charge in [0.2, 0.25) is 0 Å². The fraction of sp³-hybridized carbons (Fsp3) is 0.462. The van der Waals surface area contributed by atoms with Gasteiger partial charge in [0.25, 0.3) is 5.91 Å². The molecule has 0 atom stereocenters. The zero-order valence-electron chi connectivity index (χ0n) is 11.2. The predicted molar refractivity (Wildman–Crippen MR) is 69.4 cm³/mol. The molecule has 0 aromatic heterocycles. The highest BCUT2D eigenvalue weighted by Gasteiger charge is 2.16. The summed E-state index contributed by atoms with van der Waals surface area (Å²) in [5.41, 5.74) is 4.71. The fourth-order valence-electron chi connectivity index (χ4n) is 1.82. The zero-order valence-corrected chi connectivity index (χ0v) is 11.2. The summed E-state index contributed by atoms with van der Waals surface area (Å²) in [5.74, 6) is 5.61. The van der Waals surface area contributed by atoms with Gasteiger partial charge in [-0.2, -0.15) is 0 Å². The smallest absolute Gasteiger partial charge is 0.268 e. The number of hydrazine groups is 1. The largest absolute Gasteiger partial charge is 0.467 e. The first kappa shape index (κ1) is 14.5. The molecule has 0 aliphatic rings. The Morgan fingerprint density at radius 3 is 2.61 bits per heavy atom. The molecule has 3 N–H and O–H groups in total. The minimum atomic E-state index is -0.372. The molecule has 5 heteroatoms.